The number of aliphatic hydroxyl groups excluding tert-OH is 1. The summed E-state index contributed by atoms with van der Waals surface area (Å²) in [7, 11) is 1.14. The van der Waals surface area contributed by atoms with Gasteiger partial charge < -0.3 is 9.84 Å². The van der Waals surface area contributed by atoms with Gasteiger partial charge >= 0.3 is 0 Å². The first-order chi connectivity index (χ1) is 4.09. The highest BCUT2D eigenvalue weighted by Crippen LogP contribution is 1.86. The van der Waals surface area contributed by atoms with Gasteiger partial charge in [-0.1, -0.05) is 0 Å². The Morgan fingerprint density at radius 3 is 2.11 bits per heavy atom. The maximum atomic E-state index is 10.3. The number of aliphatic hydroxyl groups is 1. The minimum absolute atomic E-state index is 0.704. The number of methoxy groups -OCH3 is 1. The number of rotatable bonds is 3. The highest BCUT2D eigenvalue weighted by molar-refractivity contribution is 6.37. The molecule has 0 aliphatic heterocycles. The average molecular weight is 132 g/mol. The Morgan fingerprint density at radius 2 is 2.00 bits per heavy atom. The number of ether oxygens (including phenoxy) is 1. The van der Waals surface area contributed by atoms with Gasteiger partial charge in [0.15, 0.2) is 0 Å². The van der Waals surface area contributed by atoms with E-state index in [1.54, 1.807) is 0 Å². The molecule has 0 rings (SSSR count). The Morgan fingerprint density at radius 1 is 1.56 bits per heavy atom. The summed E-state index contributed by atoms with van der Waals surface area (Å²) in [5.74, 6) is -1.62. The van der Waals surface area contributed by atoms with E-state index in [9.17, 15) is 9.59 Å². The van der Waals surface area contributed by atoms with E-state index in [1.165, 1.54) is 0 Å². The largest absolute Gasteiger partial charge is 0.362 e. The van der Waals surface area contributed by atoms with Crippen molar-refractivity contribution in [1.29, 1.82) is 0 Å². The Labute approximate surface area is 52.4 Å². The summed E-state index contributed by atoms with van der Waals surface area (Å²) in [5, 5.41) is 8.50. The van der Waals surface area contributed by atoms with Gasteiger partial charge in [-0.05, 0) is 0 Å². The van der Waals surface area contributed by atoms with Crippen LogP contribution in [0.3, 0.4) is 0 Å². The zero-order chi connectivity index (χ0) is 7.44. The summed E-state index contributed by atoms with van der Waals surface area (Å²) in [6.07, 6.45) is -1.59. The zero-order valence-electron chi connectivity index (χ0n) is 5.25. The van der Waals surface area contributed by atoms with Crippen LogP contribution >= 0.6 is 0 Å². The van der Waals surface area contributed by atoms with Crippen molar-refractivity contribution in [3.8, 4) is 0 Å². The van der Waals surface area contributed by atoms with E-state index in [0.29, 0.717) is 0 Å². The van der Waals surface area contributed by atoms with E-state index in [-0.39, 0.29) is 0 Å². The third-order valence-corrected chi connectivity index (χ3v) is 0.795. The summed E-state index contributed by atoms with van der Waals surface area (Å²) < 4.78 is 4.16. The van der Waals surface area contributed by atoms with Crippen molar-refractivity contribution in [2.24, 2.45) is 0 Å². The number of carbonyl (C=O) groups is 2. The maximum Gasteiger partial charge on any atom is 0.253 e. The first-order valence-corrected chi connectivity index (χ1v) is 2.35. The van der Waals surface area contributed by atoms with Crippen LogP contribution in [0.25, 0.3) is 0 Å². The van der Waals surface area contributed by atoms with Crippen molar-refractivity contribution in [1.82, 2.24) is 0 Å². The van der Waals surface area contributed by atoms with Crippen LogP contribution in [0.15, 0.2) is 0 Å². The van der Waals surface area contributed by atoms with Crippen molar-refractivity contribution in [2.75, 3.05) is 7.11 Å². The molecule has 0 saturated carbocycles. The molecule has 0 saturated heterocycles. The van der Waals surface area contributed by atoms with Crippen LogP contribution in [0, 0.1) is 0 Å². The van der Waals surface area contributed by atoms with E-state index in [1.807, 2.05) is 0 Å². The van der Waals surface area contributed by atoms with E-state index >= 15 is 0 Å². The molecule has 4 nitrogen and oxygen atoms in total. The zero-order valence-corrected chi connectivity index (χ0v) is 5.25. The number of hydrogen-bond acceptors (Lipinski definition) is 4. The van der Waals surface area contributed by atoms with Gasteiger partial charge in [0.25, 0.3) is 5.78 Å². The molecule has 0 aliphatic rings. The van der Waals surface area contributed by atoms with Crippen molar-refractivity contribution >= 4 is 11.6 Å². The summed E-state index contributed by atoms with van der Waals surface area (Å²) >= 11 is 0. The molecule has 4 heteroatoms. The molecule has 1 atom stereocenters. The minimum atomic E-state index is -1.59. The van der Waals surface area contributed by atoms with Gasteiger partial charge in [-0.15, -0.1) is 0 Å². The fourth-order valence-corrected chi connectivity index (χ4v) is 0.281. The summed E-state index contributed by atoms with van der Waals surface area (Å²) in [6.45, 7) is 1.07. The molecule has 0 fully saturated rings. The minimum Gasteiger partial charge on any atom is -0.362 e. The van der Waals surface area contributed by atoms with E-state index < -0.39 is 17.9 Å². The van der Waals surface area contributed by atoms with Gasteiger partial charge in [-0.2, -0.15) is 0 Å². The Kier molecular flexibility index (Phi) is 3.05. The molecule has 0 spiro atoms. The van der Waals surface area contributed by atoms with Crippen molar-refractivity contribution < 1.29 is 19.4 Å². The standard InChI is InChI=1S/C5H8O4/c1-3(6)4(7)5(8)9-2/h5,8H,1-2H3. The molecule has 52 valence electrons. The lowest BCUT2D eigenvalue weighted by Gasteiger charge is -2.01. The van der Waals surface area contributed by atoms with Crippen LogP contribution in [0.5, 0.6) is 0 Å². The summed E-state index contributed by atoms with van der Waals surface area (Å²) in [4.78, 5) is 20.5. The molecule has 1 N–H and O–H groups in total. The Balaban J connectivity index is 3.88. The molecule has 0 heterocycles. The quantitative estimate of drug-likeness (QED) is 0.399. The number of carbonyl (C=O) groups excluding carboxylic acids is 2. The molecule has 0 aliphatic carbocycles. The second kappa shape index (κ2) is 3.32. The highest BCUT2D eigenvalue weighted by Gasteiger charge is 2.17. The van der Waals surface area contributed by atoms with Crippen LogP contribution in [0.2, 0.25) is 0 Å². The smallest absolute Gasteiger partial charge is 0.253 e. The van der Waals surface area contributed by atoms with Crippen molar-refractivity contribution in [3.63, 3.8) is 0 Å². The molecule has 0 aromatic carbocycles. The van der Waals surface area contributed by atoms with Crippen LogP contribution < -0.4 is 0 Å². The molecule has 0 bridgehead atoms. The van der Waals surface area contributed by atoms with Crippen LogP contribution in [-0.4, -0.2) is 30.1 Å². The SMILES string of the molecule is COC(O)C(=O)C(C)=O. The van der Waals surface area contributed by atoms with Crippen LogP contribution in [0.1, 0.15) is 6.92 Å². The number of ketones is 2. The number of hydrogen-bond donors (Lipinski definition) is 1. The molecule has 0 amide bonds. The maximum absolute atomic E-state index is 10.3. The topological polar surface area (TPSA) is 63.6 Å². The summed E-state index contributed by atoms with van der Waals surface area (Å²) in [6, 6.07) is 0. The molecule has 0 aromatic heterocycles. The fraction of sp³-hybridized carbons (Fsp3) is 0.600. The number of Topliss-reactive ketones (excluding diaryl/α,β-unsaturated/α-hetero) is 2. The molecular weight excluding hydrogens is 124 g/mol. The fourth-order valence-electron chi connectivity index (χ4n) is 0.281. The predicted molar refractivity (Wildman–Crippen MR) is 28.7 cm³/mol. The Bertz CT molecular complexity index is 129. The van der Waals surface area contributed by atoms with Gasteiger partial charge in [0.2, 0.25) is 12.1 Å². The van der Waals surface area contributed by atoms with Crippen LogP contribution in [-0.2, 0) is 14.3 Å². The molecule has 0 radical (unpaired) electrons. The molecule has 0 aromatic rings. The third-order valence-electron chi connectivity index (χ3n) is 0.795. The van der Waals surface area contributed by atoms with Gasteiger partial charge in [0.1, 0.15) is 0 Å². The van der Waals surface area contributed by atoms with Crippen molar-refractivity contribution in [2.45, 2.75) is 13.2 Å². The van der Waals surface area contributed by atoms with Crippen LogP contribution in [0.4, 0.5) is 0 Å². The predicted octanol–water partition coefficient (Wildman–Crippen LogP) is -0.891. The van der Waals surface area contributed by atoms with Gasteiger partial charge in [0, 0.05) is 14.0 Å². The lowest BCUT2D eigenvalue weighted by Crippen LogP contribution is -2.27. The third kappa shape index (κ3) is 2.34. The molecule has 1 unspecified atom stereocenters. The van der Waals surface area contributed by atoms with Crippen molar-refractivity contribution in [3.05, 3.63) is 0 Å². The second-order valence-corrected chi connectivity index (χ2v) is 1.51. The first-order valence-electron chi connectivity index (χ1n) is 2.35. The van der Waals surface area contributed by atoms with E-state index in [0.717, 1.165) is 14.0 Å². The molecular formula is C5H8O4. The highest BCUT2D eigenvalue weighted by atomic mass is 16.6. The summed E-state index contributed by atoms with van der Waals surface area (Å²) in [5.41, 5.74) is 0. The normalized spacial score (nSPS) is 12.8. The Hall–Kier alpha value is -0.740. The average Bonchev–Trinajstić information content (AvgIpc) is 1.84. The first kappa shape index (κ1) is 8.26. The van der Waals surface area contributed by atoms with Gasteiger partial charge in [-0.25, -0.2) is 0 Å². The lowest BCUT2D eigenvalue weighted by molar-refractivity contribution is -0.156. The lowest BCUT2D eigenvalue weighted by atomic mass is 10.3. The van der Waals surface area contributed by atoms with E-state index in [2.05, 4.69) is 4.74 Å². The monoisotopic (exact) mass is 132 g/mol. The second-order valence-electron chi connectivity index (χ2n) is 1.51. The van der Waals surface area contributed by atoms with E-state index in [4.69, 9.17) is 5.11 Å². The van der Waals surface area contributed by atoms with Gasteiger partial charge in [-0.3, -0.25) is 9.59 Å². The van der Waals surface area contributed by atoms with Gasteiger partial charge in [0.05, 0.1) is 0 Å². The molecule has 9 heavy (non-hydrogen) atoms.